The molecule has 2 rings (SSSR count). The van der Waals surface area contributed by atoms with Crippen molar-refractivity contribution in [1.82, 2.24) is 9.97 Å². The highest BCUT2D eigenvalue weighted by Crippen LogP contribution is 2.29. The van der Waals surface area contributed by atoms with Gasteiger partial charge in [-0.15, -0.1) is 0 Å². The van der Waals surface area contributed by atoms with E-state index in [0.717, 1.165) is 27.1 Å². The molecule has 0 unspecified atom stereocenters. The highest BCUT2D eigenvalue weighted by Gasteiger charge is 2.15. The standard InChI is InChI=1S/C16H18ClIN2/c1-9(2)8-12-14(18)15(17)20-16(19-12)13-10(3)6-5-7-11(13)4/h5-7,9H,8H2,1-4H3. The lowest BCUT2D eigenvalue weighted by molar-refractivity contribution is 0.632. The first-order valence-corrected chi connectivity index (χ1v) is 8.14. The molecule has 0 aliphatic heterocycles. The molecule has 0 aliphatic rings. The van der Waals surface area contributed by atoms with Crippen LogP contribution in [0.25, 0.3) is 11.4 Å². The number of hydrogen-bond acceptors (Lipinski definition) is 2. The molecule has 1 aromatic heterocycles. The summed E-state index contributed by atoms with van der Waals surface area (Å²) in [5.74, 6) is 1.28. The Labute approximate surface area is 139 Å². The molecule has 0 fully saturated rings. The van der Waals surface area contributed by atoms with Gasteiger partial charge in [-0.3, -0.25) is 0 Å². The van der Waals surface area contributed by atoms with Gasteiger partial charge in [-0.1, -0.05) is 43.6 Å². The quantitative estimate of drug-likeness (QED) is 0.521. The van der Waals surface area contributed by atoms with Crippen molar-refractivity contribution in [3.05, 3.63) is 43.7 Å². The molecule has 0 saturated carbocycles. The number of aromatic nitrogens is 2. The average molecular weight is 401 g/mol. The number of nitrogens with zero attached hydrogens (tertiary/aromatic N) is 2. The SMILES string of the molecule is Cc1cccc(C)c1-c1nc(Cl)c(I)c(CC(C)C)n1. The van der Waals surface area contributed by atoms with Crippen molar-refractivity contribution >= 4 is 34.2 Å². The lowest BCUT2D eigenvalue weighted by Gasteiger charge is -2.13. The lowest BCUT2D eigenvalue weighted by atomic mass is 10.0. The fraction of sp³-hybridized carbons (Fsp3) is 0.375. The highest BCUT2D eigenvalue weighted by molar-refractivity contribution is 14.1. The van der Waals surface area contributed by atoms with Crippen molar-refractivity contribution in [2.75, 3.05) is 0 Å². The Morgan fingerprint density at radius 2 is 1.75 bits per heavy atom. The zero-order valence-electron chi connectivity index (χ0n) is 12.2. The van der Waals surface area contributed by atoms with Gasteiger partial charge >= 0.3 is 0 Å². The molecule has 0 bridgehead atoms. The largest absolute Gasteiger partial charge is 0.232 e. The monoisotopic (exact) mass is 400 g/mol. The minimum atomic E-state index is 0.542. The Kier molecular flexibility index (Phi) is 5.02. The molecule has 1 heterocycles. The van der Waals surface area contributed by atoms with Crippen molar-refractivity contribution in [2.24, 2.45) is 5.92 Å². The van der Waals surface area contributed by atoms with E-state index < -0.39 is 0 Å². The van der Waals surface area contributed by atoms with E-state index in [1.165, 1.54) is 11.1 Å². The summed E-state index contributed by atoms with van der Waals surface area (Å²) in [6.07, 6.45) is 0.915. The zero-order chi connectivity index (χ0) is 14.9. The van der Waals surface area contributed by atoms with Gasteiger partial charge in [-0.05, 0) is 59.9 Å². The zero-order valence-corrected chi connectivity index (χ0v) is 15.1. The van der Waals surface area contributed by atoms with Gasteiger partial charge in [0.2, 0.25) is 0 Å². The summed E-state index contributed by atoms with van der Waals surface area (Å²) in [5, 5.41) is 0.550. The minimum absolute atomic E-state index is 0.542. The fourth-order valence-electron chi connectivity index (χ4n) is 2.26. The fourth-order valence-corrected chi connectivity index (χ4v) is 2.91. The molecular formula is C16H18ClIN2. The average Bonchev–Trinajstić information content (AvgIpc) is 2.34. The Hall–Kier alpha value is -0.680. The molecule has 20 heavy (non-hydrogen) atoms. The topological polar surface area (TPSA) is 25.8 Å². The summed E-state index contributed by atoms with van der Waals surface area (Å²) in [4.78, 5) is 9.24. The van der Waals surface area contributed by atoms with Crippen LogP contribution >= 0.6 is 34.2 Å². The Balaban J connectivity index is 2.61. The molecule has 0 saturated heterocycles. The van der Waals surface area contributed by atoms with Gasteiger partial charge in [0, 0.05) is 5.56 Å². The predicted octanol–water partition coefficient (Wildman–Crippen LogP) is 5.22. The van der Waals surface area contributed by atoms with Crippen molar-refractivity contribution < 1.29 is 0 Å². The van der Waals surface area contributed by atoms with Crippen LogP contribution in [0.3, 0.4) is 0 Å². The maximum absolute atomic E-state index is 6.30. The molecule has 0 radical (unpaired) electrons. The van der Waals surface area contributed by atoms with Crippen LogP contribution in [0.5, 0.6) is 0 Å². The van der Waals surface area contributed by atoms with E-state index in [1.54, 1.807) is 0 Å². The van der Waals surface area contributed by atoms with Crippen molar-refractivity contribution in [2.45, 2.75) is 34.1 Å². The third-order valence-corrected chi connectivity index (χ3v) is 4.91. The molecule has 106 valence electrons. The first-order chi connectivity index (χ1) is 9.40. The van der Waals surface area contributed by atoms with E-state index in [0.29, 0.717) is 11.1 Å². The van der Waals surface area contributed by atoms with Gasteiger partial charge in [-0.25, -0.2) is 9.97 Å². The first kappa shape index (κ1) is 15.7. The predicted molar refractivity (Wildman–Crippen MR) is 93.2 cm³/mol. The van der Waals surface area contributed by atoms with Gasteiger partial charge in [0.1, 0.15) is 5.15 Å². The maximum Gasteiger partial charge on any atom is 0.161 e. The lowest BCUT2D eigenvalue weighted by Crippen LogP contribution is -2.05. The summed E-state index contributed by atoms with van der Waals surface area (Å²) >= 11 is 8.53. The number of benzene rings is 1. The highest BCUT2D eigenvalue weighted by atomic mass is 127. The van der Waals surface area contributed by atoms with Crippen LogP contribution in [0.15, 0.2) is 18.2 Å². The summed E-state index contributed by atoms with van der Waals surface area (Å²) in [5.41, 5.74) is 4.49. The number of rotatable bonds is 3. The molecule has 0 atom stereocenters. The first-order valence-electron chi connectivity index (χ1n) is 6.68. The molecule has 0 aliphatic carbocycles. The molecule has 0 spiro atoms. The summed E-state index contributed by atoms with van der Waals surface area (Å²) in [6.45, 7) is 8.54. The van der Waals surface area contributed by atoms with E-state index in [9.17, 15) is 0 Å². The van der Waals surface area contributed by atoms with E-state index in [2.05, 4.69) is 73.5 Å². The van der Waals surface area contributed by atoms with Gasteiger partial charge in [0.25, 0.3) is 0 Å². The molecule has 2 nitrogen and oxygen atoms in total. The van der Waals surface area contributed by atoms with Crippen molar-refractivity contribution in [1.29, 1.82) is 0 Å². The number of halogens is 2. The normalized spacial score (nSPS) is 11.2. The number of aryl methyl sites for hydroxylation is 2. The second kappa shape index (κ2) is 6.39. The second-order valence-electron chi connectivity index (χ2n) is 5.46. The van der Waals surface area contributed by atoms with Gasteiger partial charge in [-0.2, -0.15) is 0 Å². The molecular weight excluding hydrogens is 383 g/mol. The smallest absolute Gasteiger partial charge is 0.161 e. The van der Waals surface area contributed by atoms with Crippen molar-refractivity contribution in [3.63, 3.8) is 0 Å². The molecule has 4 heteroatoms. The Morgan fingerprint density at radius 1 is 1.15 bits per heavy atom. The summed E-state index contributed by atoms with van der Waals surface area (Å²) in [7, 11) is 0. The van der Waals surface area contributed by atoms with Crippen LogP contribution in [0.4, 0.5) is 0 Å². The number of hydrogen-bond donors (Lipinski definition) is 0. The molecule has 0 N–H and O–H groups in total. The van der Waals surface area contributed by atoms with Crippen LogP contribution in [-0.2, 0) is 6.42 Å². The molecule has 0 amide bonds. The Morgan fingerprint density at radius 3 is 2.30 bits per heavy atom. The van der Waals surface area contributed by atoms with Gasteiger partial charge < -0.3 is 0 Å². The van der Waals surface area contributed by atoms with Crippen LogP contribution in [-0.4, -0.2) is 9.97 Å². The maximum atomic E-state index is 6.30. The molecule has 2 aromatic rings. The summed E-state index contributed by atoms with van der Waals surface area (Å²) in [6, 6.07) is 6.22. The van der Waals surface area contributed by atoms with Crippen molar-refractivity contribution in [3.8, 4) is 11.4 Å². The third-order valence-electron chi connectivity index (χ3n) is 3.19. The van der Waals surface area contributed by atoms with E-state index >= 15 is 0 Å². The van der Waals surface area contributed by atoms with Gasteiger partial charge in [0.05, 0.1) is 9.26 Å². The van der Waals surface area contributed by atoms with Gasteiger partial charge in [0.15, 0.2) is 5.82 Å². The second-order valence-corrected chi connectivity index (χ2v) is 6.90. The summed E-state index contributed by atoms with van der Waals surface area (Å²) < 4.78 is 0.966. The minimum Gasteiger partial charge on any atom is -0.232 e. The van der Waals surface area contributed by atoms with Crippen LogP contribution < -0.4 is 0 Å². The van der Waals surface area contributed by atoms with E-state index in [1.807, 2.05) is 0 Å². The third kappa shape index (κ3) is 3.31. The Bertz CT molecular complexity index is 618. The van der Waals surface area contributed by atoms with E-state index in [4.69, 9.17) is 16.6 Å². The molecule has 1 aromatic carbocycles. The van der Waals surface area contributed by atoms with Crippen LogP contribution in [0.1, 0.15) is 30.7 Å². The van der Waals surface area contributed by atoms with Crippen LogP contribution in [0.2, 0.25) is 5.15 Å². The van der Waals surface area contributed by atoms with E-state index in [-0.39, 0.29) is 0 Å². The van der Waals surface area contributed by atoms with Crippen LogP contribution in [0, 0.1) is 23.3 Å².